The topological polar surface area (TPSA) is 39.1 Å². The molecule has 0 amide bonds. The summed E-state index contributed by atoms with van der Waals surface area (Å²) in [5.74, 6) is -0.279. The number of pyridine rings is 1. The van der Waals surface area contributed by atoms with E-state index in [4.69, 9.17) is 0 Å². The van der Waals surface area contributed by atoms with Crippen LogP contribution in [0.25, 0.3) is 5.70 Å². The second kappa shape index (κ2) is 5.19. The van der Waals surface area contributed by atoms with Crippen LogP contribution in [0, 0.1) is 5.41 Å². The van der Waals surface area contributed by atoms with Gasteiger partial charge in [-0.2, -0.15) is 13.2 Å². The molecular weight excluding hydrogens is 319 g/mol. The van der Waals surface area contributed by atoms with Crippen molar-refractivity contribution >= 4 is 11.5 Å². The number of aromatic nitrogens is 1. The first-order valence-corrected chi connectivity index (χ1v) is 7.28. The van der Waals surface area contributed by atoms with Crippen LogP contribution in [0.1, 0.15) is 35.3 Å². The van der Waals surface area contributed by atoms with E-state index in [9.17, 15) is 22.8 Å². The molecule has 1 aromatic heterocycles. The summed E-state index contributed by atoms with van der Waals surface area (Å²) in [6, 6.07) is 7.47. The lowest BCUT2D eigenvalue weighted by Crippen LogP contribution is -2.31. The summed E-state index contributed by atoms with van der Waals surface area (Å²) < 4.78 is 40.4. The summed E-state index contributed by atoms with van der Waals surface area (Å²) in [6.45, 7) is 3.34. The number of rotatable bonds is 1. The van der Waals surface area contributed by atoms with Crippen LogP contribution in [0.5, 0.6) is 0 Å². The molecule has 6 heteroatoms. The van der Waals surface area contributed by atoms with Crippen LogP contribution in [0.4, 0.5) is 13.2 Å². The standard InChI is InChI=1S/C18H14F3NO2/c1-17(2)10-14(22-8-4-3-5-15(22)23)13-9-11(18(19,20)21)6-7-12(13)16(17)24/h3-10H,1-2H3. The molecule has 3 rings (SSSR count). The molecule has 124 valence electrons. The van der Waals surface area contributed by atoms with Gasteiger partial charge in [0.2, 0.25) is 0 Å². The molecule has 0 N–H and O–H groups in total. The molecule has 0 saturated carbocycles. The first kappa shape index (κ1) is 16.2. The lowest BCUT2D eigenvalue weighted by Gasteiger charge is -2.29. The Balaban J connectivity index is 2.32. The Bertz CT molecular complexity index is 920. The summed E-state index contributed by atoms with van der Waals surface area (Å²) in [7, 11) is 0. The van der Waals surface area contributed by atoms with Crippen molar-refractivity contribution in [3.05, 3.63) is 75.7 Å². The highest BCUT2D eigenvalue weighted by molar-refractivity contribution is 6.08. The van der Waals surface area contributed by atoms with Gasteiger partial charge in [0.25, 0.3) is 5.56 Å². The van der Waals surface area contributed by atoms with E-state index in [1.807, 2.05) is 0 Å². The smallest absolute Gasteiger partial charge is 0.293 e. The number of ketones is 1. The van der Waals surface area contributed by atoms with Crippen LogP contribution in [-0.4, -0.2) is 10.4 Å². The number of nitrogens with zero attached hydrogens (tertiary/aromatic N) is 1. The molecule has 0 fully saturated rings. The average molecular weight is 333 g/mol. The fourth-order valence-electron chi connectivity index (χ4n) is 2.79. The Hall–Kier alpha value is -2.63. The number of allylic oxidation sites excluding steroid dienone is 1. The highest BCUT2D eigenvalue weighted by Gasteiger charge is 2.37. The number of halogens is 3. The number of alkyl halides is 3. The van der Waals surface area contributed by atoms with E-state index in [-0.39, 0.29) is 28.2 Å². The van der Waals surface area contributed by atoms with E-state index in [2.05, 4.69) is 0 Å². The summed E-state index contributed by atoms with van der Waals surface area (Å²) in [4.78, 5) is 24.7. The van der Waals surface area contributed by atoms with E-state index in [1.54, 1.807) is 32.1 Å². The van der Waals surface area contributed by atoms with E-state index in [1.165, 1.54) is 22.9 Å². The van der Waals surface area contributed by atoms with Crippen molar-refractivity contribution in [1.82, 2.24) is 4.57 Å². The first-order valence-electron chi connectivity index (χ1n) is 7.28. The van der Waals surface area contributed by atoms with Crippen molar-refractivity contribution in [2.45, 2.75) is 20.0 Å². The van der Waals surface area contributed by atoms with Gasteiger partial charge in [-0.3, -0.25) is 14.2 Å². The van der Waals surface area contributed by atoms with Crippen molar-refractivity contribution in [3.8, 4) is 0 Å². The molecule has 1 aromatic carbocycles. The zero-order valence-corrected chi connectivity index (χ0v) is 13.0. The third-order valence-electron chi connectivity index (χ3n) is 4.03. The van der Waals surface area contributed by atoms with Crippen LogP contribution >= 0.6 is 0 Å². The monoisotopic (exact) mass is 333 g/mol. The van der Waals surface area contributed by atoms with Gasteiger partial charge in [0.15, 0.2) is 5.78 Å². The van der Waals surface area contributed by atoms with Gasteiger partial charge >= 0.3 is 6.18 Å². The summed E-state index contributed by atoms with van der Waals surface area (Å²) in [5, 5.41) is 0. The lowest BCUT2D eigenvalue weighted by atomic mass is 9.76. The van der Waals surface area contributed by atoms with Crippen LogP contribution in [0.2, 0.25) is 0 Å². The minimum absolute atomic E-state index is 0.113. The van der Waals surface area contributed by atoms with Gasteiger partial charge in [0.1, 0.15) is 0 Å². The molecule has 1 aliphatic carbocycles. The Labute approximate surface area is 136 Å². The van der Waals surface area contributed by atoms with Crippen LogP contribution in [0.3, 0.4) is 0 Å². The Morgan fingerprint density at radius 3 is 2.33 bits per heavy atom. The number of hydrogen-bond donors (Lipinski definition) is 0. The van der Waals surface area contributed by atoms with E-state index < -0.39 is 17.2 Å². The van der Waals surface area contributed by atoms with Gasteiger partial charge < -0.3 is 0 Å². The SMILES string of the molecule is CC1(C)C=C(n2ccccc2=O)c2cc(C(F)(F)F)ccc2C1=O. The third-order valence-corrected chi connectivity index (χ3v) is 4.03. The van der Waals surface area contributed by atoms with Crippen LogP contribution in [-0.2, 0) is 6.18 Å². The zero-order chi connectivity index (χ0) is 17.7. The Kier molecular flexibility index (Phi) is 3.51. The molecule has 0 saturated heterocycles. The Morgan fingerprint density at radius 2 is 1.71 bits per heavy atom. The quantitative estimate of drug-likeness (QED) is 0.792. The average Bonchev–Trinajstić information content (AvgIpc) is 2.50. The van der Waals surface area contributed by atoms with E-state index >= 15 is 0 Å². The number of fused-ring (bicyclic) bond motifs is 1. The lowest BCUT2D eigenvalue weighted by molar-refractivity contribution is -0.137. The number of hydrogen-bond acceptors (Lipinski definition) is 2. The van der Waals surface area contributed by atoms with Crippen LogP contribution < -0.4 is 5.56 Å². The van der Waals surface area contributed by atoms with E-state index in [0.717, 1.165) is 12.1 Å². The van der Waals surface area contributed by atoms with Crippen molar-refractivity contribution in [1.29, 1.82) is 0 Å². The fourth-order valence-corrected chi connectivity index (χ4v) is 2.79. The molecule has 0 unspecified atom stereocenters. The van der Waals surface area contributed by atoms with Crippen LogP contribution in [0.15, 0.2) is 53.5 Å². The fraction of sp³-hybridized carbons (Fsp3) is 0.222. The third kappa shape index (κ3) is 2.58. The summed E-state index contributed by atoms with van der Waals surface area (Å²) >= 11 is 0. The molecule has 0 radical (unpaired) electrons. The minimum Gasteiger partial charge on any atom is -0.293 e. The normalized spacial score (nSPS) is 16.5. The number of carbonyl (C=O) groups excluding carboxylic acids is 1. The van der Waals surface area contributed by atoms with Crippen molar-refractivity contribution in [2.75, 3.05) is 0 Å². The predicted molar refractivity (Wildman–Crippen MR) is 83.6 cm³/mol. The molecule has 0 bridgehead atoms. The first-order chi connectivity index (χ1) is 11.1. The molecule has 0 atom stereocenters. The van der Waals surface area contributed by atoms with Gasteiger partial charge in [-0.25, -0.2) is 0 Å². The highest BCUT2D eigenvalue weighted by atomic mass is 19.4. The van der Waals surface area contributed by atoms with E-state index in [0.29, 0.717) is 0 Å². The molecule has 1 aliphatic rings. The van der Waals surface area contributed by atoms with Crippen molar-refractivity contribution < 1.29 is 18.0 Å². The molecule has 24 heavy (non-hydrogen) atoms. The zero-order valence-electron chi connectivity index (χ0n) is 13.0. The molecular formula is C18H14F3NO2. The molecule has 1 heterocycles. The molecule has 2 aromatic rings. The second-order valence-corrected chi connectivity index (χ2v) is 6.25. The predicted octanol–water partition coefficient (Wildman–Crippen LogP) is 3.98. The maximum absolute atomic E-state index is 13.0. The van der Waals surface area contributed by atoms with Gasteiger partial charge in [-0.05, 0) is 38.1 Å². The largest absolute Gasteiger partial charge is 0.416 e. The highest BCUT2D eigenvalue weighted by Crippen LogP contribution is 2.39. The number of Topliss-reactive ketones (excluding diaryl/α,β-unsaturated/α-hetero) is 1. The summed E-state index contributed by atoms with van der Waals surface area (Å²) in [6.07, 6.45) is -1.51. The number of benzene rings is 1. The van der Waals surface area contributed by atoms with Crippen molar-refractivity contribution in [2.24, 2.45) is 5.41 Å². The van der Waals surface area contributed by atoms with Crippen molar-refractivity contribution in [3.63, 3.8) is 0 Å². The maximum atomic E-state index is 13.0. The van der Waals surface area contributed by atoms with Gasteiger partial charge in [0, 0.05) is 28.8 Å². The van der Waals surface area contributed by atoms with Gasteiger partial charge in [0.05, 0.1) is 11.3 Å². The molecule has 0 aliphatic heterocycles. The summed E-state index contributed by atoms with van der Waals surface area (Å²) in [5.41, 5.74) is -1.58. The second-order valence-electron chi connectivity index (χ2n) is 6.25. The number of carbonyl (C=O) groups is 1. The minimum atomic E-state index is -4.53. The Morgan fingerprint density at radius 1 is 1.00 bits per heavy atom. The molecule has 3 nitrogen and oxygen atoms in total. The molecule has 0 spiro atoms. The maximum Gasteiger partial charge on any atom is 0.416 e. The van der Waals surface area contributed by atoms with Gasteiger partial charge in [-0.15, -0.1) is 0 Å². The van der Waals surface area contributed by atoms with Gasteiger partial charge in [-0.1, -0.05) is 12.1 Å².